The Hall–Kier alpha value is 0.620. The third-order valence-corrected chi connectivity index (χ3v) is 6.14. The Kier molecular flexibility index (Phi) is 7.68. The van der Waals surface area contributed by atoms with E-state index in [0.29, 0.717) is 0 Å². The molecule has 0 bridgehead atoms. The Labute approximate surface area is 124 Å². The largest absolute Gasteiger partial charge is 0.490 e. The van der Waals surface area contributed by atoms with Gasteiger partial charge in [0.15, 0.2) is 5.56 Å². The standard InChI is InChI=1S/C5H14ClO12P3/c1-5(15-2,4(6)7)3-16-20(11,12)18-21(13,14)17-19(8,9)10/h4,7H,3H2,1-2H3,(H,11,12)(H,13,14)(H2,8,9,10)/t4-,5-/m1/s1. The van der Waals surface area contributed by atoms with E-state index in [1.807, 2.05) is 0 Å². The van der Waals surface area contributed by atoms with Gasteiger partial charge in [0.2, 0.25) is 0 Å². The molecule has 0 rings (SSSR count). The van der Waals surface area contributed by atoms with Crippen LogP contribution in [0.15, 0.2) is 0 Å². The average molecular weight is 395 g/mol. The van der Waals surface area contributed by atoms with Crippen molar-refractivity contribution >= 4 is 35.1 Å². The molecular weight excluding hydrogens is 380 g/mol. The number of aliphatic hydroxyl groups is 1. The number of halogens is 1. The smallest absolute Gasteiger partial charge is 0.375 e. The van der Waals surface area contributed by atoms with Gasteiger partial charge in [-0.15, -0.1) is 0 Å². The highest BCUT2D eigenvalue weighted by molar-refractivity contribution is 7.66. The first-order valence-corrected chi connectivity index (χ1v) is 9.74. The molecule has 21 heavy (non-hydrogen) atoms. The summed E-state index contributed by atoms with van der Waals surface area (Å²) < 4.78 is 48.7. The molecule has 0 aliphatic rings. The molecule has 0 aromatic rings. The van der Waals surface area contributed by atoms with E-state index in [4.69, 9.17) is 35.9 Å². The van der Waals surface area contributed by atoms with Crippen molar-refractivity contribution in [3.05, 3.63) is 0 Å². The van der Waals surface area contributed by atoms with E-state index in [9.17, 15) is 18.8 Å². The average Bonchev–Trinajstić information content (AvgIpc) is 2.20. The molecule has 0 aromatic carbocycles. The fourth-order valence-electron chi connectivity index (χ4n) is 0.738. The maximum atomic E-state index is 11.4. The molecule has 0 saturated carbocycles. The van der Waals surface area contributed by atoms with E-state index in [2.05, 4.69) is 13.1 Å². The van der Waals surface area contributed by atoms with Crippen molar-refractivity contribution in [3.8, 4) is 0 Å². The fraction of sp³-hybridized carbons (Fsp3) is 1.00. The topological polar surface area (TPSA) is 189 Å². The van der Waals surface area contributed by atoms with Crippen LogP contribution in [0.5, 0.6) is 0 Å². The van der Waals surface area contributed by atoms with Gasteiger partial charge in [0, 0.05) is 7.11 Å². The van der Waals surface area contributed by atoms with Crippen LogP contribution in [0.2, 0.25) is 0 Å². The molecule has 0 aliphatic carbocycles. The predicted molar refractivity (Wildman–Crippen MR) is 67.1 cm³/mol. The molecule has 12 nitrogen and oxygen atoms in total. The Morgan fingerprint density at radius 2 is 1.57 bits per heavy atom. The first-order valence-electron chi connectivity index (χ1n) is 4.78. The minimum atomic E-state index is -5.59. The Morgan fingerprint density at radius 1 is 1.10 bits per heavy atom. The second kappa shape index (κ2) is 7.46. The zero-order valence-electron chi connectivity index (χ0n) is 10.6. The number of phosphoric acid groups is 3. The Bertz CT molecular complexity index is 487. The van der Waals surface area contributed by atoms with Crippen molar-refractivity contribution in [2.24, 2.45) is 0 Å². The number of alkyl halides is 1. The van der Waals surface area contributed by atoms with Gasteiger partial charge in [-0.25, -0.2) is 13.7 Å². The molecule has 2 unspecified atom stereocenters. The Balaban J connectivity index is 4.83. The highest BCUT2D eigenvalue weighted by Gasteiger charge is 2.43. The SMILES string of the molecule is CO[C@](C)(COP(=O)(O)OP(=O)(O)OP(=O)(O)O)[C@@H](O)Cl. The highest BCUT2D eigenvalue weighted by atomic mass is 35.5. The van der Waals surface area contributed by atoms with Crippen LogP contribution in [0.3, 0.4) is 0 Å². The van der Waals surface area contributed by atoms with Crippen molar-refractivity contribution in [2.75, 3.05) is 13.7 Å². The molecule has 5 N–H and O–H groups in total. The summed E-state index contributed by atoms with van der Waals surface area (Å²) in [7, 11) is -15.2. The molecule has 16 heteroatoms. The lowest BCUT2D eigenvalue weighted by Crippen LogP contribution is -2.42. The second-order valence-electron chi connectivity index (χ2n) is 3.72. The minimum Gasteiger partial charge on any atom is -0.375 e. The van der Waals surface area contributed by atoms with Gasteiger partial charge in [-0.05, 0) is 6.92 Å². The quantitative estimate of drug-likeness (QED) is 0.266. The normalized spacial score (nSPS) is 22.9. The summed E-state index contributed by atoms with van der Waals surface area (Å²) in [5.74, 6) is 0. The first kappa shape index (κ1) is 21.6. The van der Waals surface area contributed by atoms with Crippen molar-refractivity contribution in [1.82, 2.24) is 0 Å². The summed E-state index contributed by atoms with van der Waals surface area (Å²) in [5.41, 5.74) is -3.35. The van der Waals surface area contributed by atoms with E-state index in [0.717, 1.165) is 7.11 Å². The van der Waals surface area contributed by atoms with Gasteiger partial charge in [0.1, 0.15) is 5.60 Å². The first-order chi connectivity index (χ1) is 9.13. The van der Waals surface area contributed by atoms with Crippen LogP contribution in [0.4, 0.5) is 0 Å². The van der Waals surface area contributed by atoms with Crippen LogP contribution in [-0.4, -0.2) is 49.6 Å². The number of hydrogen-bond acceptors (Lipinski definition) is 8. The van der Waals surface area contributed by atoms with E-state index < -0.39 is 41.2 Å². The lowest BCUT2D eigenvalue weighted by molar-refractivity contribution is -0.0855. The summed E-state index contributed by atoms with van der Waals surface area (Å²) >= 11 is 5.34. The van der Waals surface area contributed by atoms with Gasteiger partial charge < -0.3 is 29.4 Å². The molecule has 0 amide bonds. The minimum absolute atomic E-state index is 0.863. The summed E-state index contributed by atoms with van der Waals surface area (Å²) in [4.78, 5) is 34.7. The van der Waals surface area contributed by atoms with E-state index in [1.54, 1.807) is 0 Å². The molecule has 0 aliphatic heterocycles. The molecule has 128 valence electrons. The predicted octanol–water partition coefficient (Wildman–Crippen LogP) is 0.292. The van der Waals surface area contributed by atoms with Gasteiger partial charge in [0.05, 0.1) is 6.61 Å². The van der Waals surface area contributed by atoms with E-state index in [-0.39, 0.29) is 0 Å². The molecule has 4 atom stereocenters. The maximum Gasteiger partial charge on any atom is 0.490 e. The number of phosphoric ester groups is 1. The van der Waals surface area contributed by atoms with Crippen LogP contribution in [0.25, 0.3) is 0 Å². The third-order valence-electron chi connectivity index (χ3n) is 1.90. The summed E-state index contributed by atoms with van der Waals surface area (Å²) in [6, 6.07) is 0. The van der Waals surface area contributed by atoms with Crippen LogP contribution in [-0.2, 0) is 31.6 Å². The number of hydrogen-bond donors (Lipinski definition) is 5. The highest BCUT2D eigenvalue weighted by Crippen LogP contribution is 2.66. The van der Waals surface area contributed by atoms with Crippen molar-refractivity contribution in [1.29, 1.82) is 0 Å². The molecular formula is C5H14ClO12P3. The zero-order valence-corrected chi connectivity index (χ0v) is 14.0. The molecule has 0 spiro atoms. The van der Waals surface area contributed by atoms with Gasteiger partial charge >= 0.3 is 23.5 Å². The van der Waals surface area contributed by atoms with Gasteiger partial charge in [-0.1, -0.05) is 11.6 Å². The molecule has 0 saturated heterocycles. The third kappa shape index (κ3) is 8.73. The molecule has 0 fully saturated rings. The van der Waals surface area contributed by atoms with Gasteiger partial charge in [0.25, 0.3) is 0 Å². The van der Waals surface area contributed by atoms with Crippen LogP contribution in [0, 0.1) is 0 Å². The number of aliphatic hydroxyl groups excluding tert-OH is 1. The van der Waals surface area contributed by atoms with Gasteiger partial charge in [-0.3, -0.25) is 4.52 Å². The van der Waals surface area contributed by atoms with Crippen LogP contribution in [0.1, 0.15) is 6.92 Å². The molecule has 0 radical (unpaired) electrons. The lowest BCUT2D eigenvalue weighted by atomic mass is 10.1. The lowest BCUT2D eigenvalue weighted by Gasteiger charge is -2.29. The second-order valence-corrected chi connectivity index (χ2v) is 8.55. The Morgan fingerprint density at radius 3 is 1.90 bits per heavy atom. The van der Waals surface area contributed by atoms with Gasteiger partial charge in [-0.2, -0.15) is 8.62 Å². The number of rotatable bonds is 9. The molecule has 0 aromatic heterocycles. The van der Waals surface area contributed by atoms with Crippen LogP contribution < -0.4 is 0 Å². The molecule has 0 heterocycles. The van der Waals surface area contributed by atoms with E-state index in [1.165, 1.54) is 6.92 Å². The fourth-order valence-corrected chi connectivity index (χ4v) is 4.00. The van der Waals surface area contributed by atoms with Crippen LogP contribution >= 0.6 is 35.1 Å². The summed E-state index contributed by atoms with van der Waals surface area (Å²) in [5, 5.41) is 9.17. The zero-order chi connectivity index (χ0) is 17.1. The van der Waals surface area contributed by atoms with Crippen molar-refractivity contribution in [3.63, 3.8) is 0 Å². The summed E-state index contributed by atoms with van der Waals surface area (Å²) in [6.45, 7) is 0.313. The monoisotopic (exact) mass is 394 g/mol. The van der Waals surface area contributed by atoms with E-state index >= 15 is 0 Å². The number of methoxy groups -OCH3 is 1. The van der Waals surface area contributed by atoms with Crippen molar-refractivity contribution in [2.45, 2.75) is 18.1 Å². The summed E-state index contributed by atoms with van der Waals surface area (Å²) in [6.07, 6.45) is 0. The number of ether oxygens (including phenoxy) is 1. The van der Waals surface area contributed by atoms with Crippen molar-refractivity contribution < 1.29 is 56.3 Å². The maximum absolute atomic E-state index is 11.4.